The maximum atomic E-state index is 11.2. The molecule has 0 radical (unpaired) electrons. The Morgan fingerprint density at radius 3 is 2.60 bits per heavy atom. The molecule has 0 unspecified atom stereocenters. The fourth-order valence-electron chi connectivity index (χ4n) is 1.62. The molecule has 88 valence electrons. The minimum Gasteiger partial charge on any atom is -0.394 e. The molecule has 1 amide bonds. The SMILES string of the molecule is O=CN(C[C@H](O)CO)[C@H]1CCS(=O)(=O)C1. The van der Waals surface area contributed by atoms with E-state index in [2.05, 4.69) is 0 Å². The molecular formula is C8H15NO5S. The molecule has 1 fully saturated rings. The van der Waals surface area contributed by atoms with Crippen LogP contribution >= 0.6 is 0 Å². The molecule has 0 bridgehead atoms. The predicted molar refractivity (Wildman–Crippen MR) is 52.9 cm³/mol. The molecule has 0 aromatic carbocycles. The van der Waals surface area contributed by atoms with Crippen LogP contribution in [0.2, 0.25) is 0 Å². The molecule has 1 aliphatic rings. The molecule has 15 heavy (non-hydrogen) atoms. The van der Waals surface area contributed by atoms with Crippen molar-refractivity contribution in [3.8, 4) is 0 Å². The van der Waals surface area contributed by atoms with Crippen molar-refractivity contribution in [2.45, 2.75) is 18.6 Å². The Bertz CT molecular complexity index is 315. The standard InChI is InChI=1S/C8H15NO5S/c10-4-8(12)3-9(6-11)7-1-2-15(13,14)5-7/h6-8,10,12H,1-5H2/t7-,8-/m0/s1. The lowest BCUT2D eigenvalue weighted by Gasteiger charge is -2.25. The summed E-state index contributed by atoms with van der Waals surface area (Å²) in [5.74, 6) is 0.0289. The lowest BCUT2D eigenvalue weighted by Crippen LogP contribution is -2.41. The molecule has 1 rings (SSSR count). The molecule has 2 atom stereocenters. The van der Waals surface area contributed by atoms with E-state index in [0.29, 0.717) is 12.8 Å². The molecule has 7 heteroatoms. The van der Waals surface area contributed by atoms with Crippen molar-refractivity contribution in [3.05, 3.63) is 0 Å². The molecule has 0 saturated carbocycles. The van der Waals surface area contributed by atoms with Gasteiger partial charge in [-0.05, 0) is 6.42 Å². The molecule has 0 spiro atoms. The smallest absolute Gasteiger partial charge is 0.210 e. The van der Waals surface area contributed by atoms with Crippen molar-refractivity contribution in [3.63, 3.8) is 0 Å². The molecule has 0 aliphatic carbocycles. The summed E-state index contributed by atoms with van der Waals surface area (Å²) in [6.45, 7) is -0.468. The Morgan fingerprint density at radius 2 is 2.20 bits per heavy atom. The summed E-state index contributed by atoms with van der Waals surface area (Å²) in [6, 6.07) is -0.367. The first-order chi connectivity index (χ1) is 6.98. The highest BCUT2D eigenvalue weighted by atomic mass is 32.2. The number of hydrogen-bond donors (Lipinski definition) is 2. The van der Waals surface area contributed by atoms with Crippen molar-refractivity contribution in [2.24, 2.45) is 0 Å². The summed E-state index contributed by atoms with van der Waals surface area (Å²) in [6.07, 6.45) is -0.0950. The average molecular weight is 237 g/mol. The minimum absolute atomic E-state index is 0.0276. The van der Waals surface area contributed by atoms with Crippen LogP contribution in [0.3, 0.4) is 0 Å². The number of rotatable bonds is 5. The van der Waals surface area contributed by atoms with E-state index in [1.165, 1.54) is 4.90 Å². The first kappa shape index (κ1) is 12.4. The van der Waals surface area contributed by atoms with E-state index in [-0.39, 0.29) is 24.1 Å². The van der Waals surface area contributed by atoms with Gasteiger partial charge < -0.3 is 15.1 Å². The number of sulfone groups is 1. The highest BCUT2D eigenvalue weighted by Crippen LogP contribution is 2.16. The second-order valence-corrected chi connectivity index (χ2v) is 5.92. The Morgan fingerprint density at radius 1 is 1.53 bits per heavy atom. The van der Waals surface area contributed by atoms with Gasteiger partial charge in [0.25, 0.3) is 0 Å². The fourth-order valence-corrected chi connectivity index (χ4v) is 3.36. The van der Waals surface area contributed by atoms with Crippen LogP contribution in [0.4, 0.5) is 0 Å². The van der Waals surface area contributed by atoms with E-state index >= 15 is 0 Å². The van der Waals surface area contributed by atoms with Gasteiger partial charge >= 0.3 is 0 Å². The second-order valence-electron chi connectivity index (χ2n) is 3.70. The van der Waals surface area contributed by atoms with Crippen LogP contribution in [0.25, 0.3) is 0 Å². The predicted octanol–water partition coefficient (Wildman–Crippen LogP) is -2.01. The van der Waals surface area contributed by atoms with E-state index in [0.717, 1.165) is 0 Å². The zero-order chi connectivity index (χ0) is 11.5. The maximum Gasteiger partial charge on any atom is 0.210 e. The van der Waals surface area contributed by atoms with Crippen molar-refractivity contribution < 1.29 is 23.4 Å². The molecule has 0 aromatic heterocycles. The fraction of sp³-hybridized carbons (Fsp3) is 0.875. The van der Waals surface area contributed by atoms with Crippen LogP contribution in [-0.4, -0.2) is 66.7 Å². The second kappa shape index (κ2) is 4.91. The van der Waals surface area contributed by atoms with Gasteiger partial charge in [-0.25, -0.2) is 8.42 Å². The van der Waals surface area contributed by atoms with Gasteiger partial charge in [-0.1, -0.05) is 0 Å². The topological polar surface area (TPSA) is 94.9 Å². The monoisotopic (exact) mass is 237 g/mol. The normalized spacial score (nSPS) is 26.1. The van der Waals surface area contributed by atoms with Crippen molar-refractivity contribution in [2.75, 3.05) is 24.7 Å². The van der Waals surface area contributed by atoms with Gasteiger partial charge in [-0.2, -0.15) is 0 Å². The van der Waals surface area contributed by atoms with Crippen molar-refractivity contribution >= 4 is 16.2 Å². The average Bonchev–Trinajstić information content (AvgIpc) is 2.54. The molecule has 1 heterocycles. The summed E-state index contributed by atoms with van der Waals surface area (Å²) < 4.78 is 22.3. The maximum absolute atomic E-state index is 11.2. The van der Waals surface area contributed by atoms with Crippen molar-refractivity contribution in [1.82, 2.24) is 4.90 Å². The number of hydrogen-bond acceptors (Lipinski definition) is 5. The van der Waals surface area contributed by atoms with Gasteiger partial charge in [-0.15, -0.1) is 0 Å². The highest BCUT2D eigenvalue weighted by Gasteiger charge is 2.32. The van der Waals surface area contributed by atoms with E-state index in [4.69, 9.17) is 10.2 Å². The molecular weight excluding hydrogens is 222 g/mol. The third-order valence-electron chi connectivity index (χ3n) is 2.45. The first-order valence-electron chi connectivity index (χ1n) is 4.69. The van der Waals surface area contributed by atoms with E-state index in [1.54, 1.807) is 0 Å². The van der Waals surface area contributed by atoms with Gasteiger partial charge in [0.1, 0.15) is 0 Å². The van der Waals surface area contributed by atoms with E-state index in [1.807, 2.05) is 0 Å². The molecule has 1 aliphatic heterocycles. The number of aliphatic hydroxyl groups excluding tert-OH is 2. The van der Waals surface area contributed by atoms with Gasteiger partial charge in [0.15, 0.2) is 9.84 Å². The highest BCUT2D eigenvalue weighted by molar-refractivity contribution is 7.91. The van der Waals surface area contributed by atoms with E-state index in [9.17, 15) is 13.2 Å². The summed E-state index contributed by atoms with van der Waals surface area (Å²) in [4.78, 5) is 11.9. The third-order valence-corrected chi connectivity index (χ3v) is 4.20. The Kier molecular flexibility index (Phi) is 4.06. The number of carbonyl (C=O) groups excluding carboxylic acids is 1. The number of nitrogens with zero attached hydrogens (tertiary/aromatic N) is 1. The number of aliphatic hydroxyl groups is 2. The number of carbonyl (C=O) groups is 1. The lowest BCUT2D eigenvalue weighted by molar-refractivity contribution is -0.121. The summed E-state index contributed by atoms with van der Waals surface area (Å²) in [7, 11) is -3.04. The third kappa shape index (κ3) is 3.44. The Hall–Kier alpha value is -0.660. The first-order valence-corrected chi connectivity index (χ1v) is 6.51. The zero-order valence-corrected chi connectivity index (χ0v) is 9.06. The zero-order valence-electron chi connectivity index (χ0n) is 8.24. The van der Waals surface area contributed by atoms with Gasteiger partial charge in [0, 0.05) is 12.6 Å². The van der Waals surface area contributed by atoms with Crippen molar-refractivity contribution in [1.29, 1.82) is 0 Å². The quantitative estimate of drug-likeness (QED) is 0.538. The molecule has 2 N–H and O–H groups in total. The summed E-state index contributed by atoms with van der Waals surface area (Å²) >= 11 is 0. The Balaban J connectivity index is 2.57. The minimum atomic E-state index is -3.04. The molecule has 0 aromatic rings. The summed E-state index contributed by atoms with van der Waals surface area (Å²) in [5, 5.41) is 17.8. The van der Waals surface area contributed by atoms with Crippen LogP contribution < -0.4 is 0 Å². The van der Waals surface area contributed by atoms with Crippen LogP contribution in [0, 0.1) is 0 Å². The molecule has 1 saturated heterocycles. The molecule has 6 nitrogen and oxygen atoms in total. The van der Waals surface area contributed by atoms with Gasteiger partial charge in [0.05, 0.1) is 24.2 Å². The van der Waals surface area contributed by atoms with E-state index < -0.39 is 22.5 Å². The van der Waals surface area contributed by atoms with Gasteiger partial charge in [0.2, 0.25) is 6.41 Å². The van der Waals surface area contributed by atoms with Crippen LogP contribution in [0.1, 0.15) is 6.42 Å². The van der Waals surface area contributed by atoms with Crippen LogP contribution in [0.5, 0.6) is 0 Å². The lowest BCUT2D eigenvalue weighted by atomic mass is 10.2. The summed E-state index contributed by atoms with van der Waals surface area (Å²) in [5.41, 5.74) is 0. The number of amides is 1. The van der Waals surface area contributed by atoms with Crippen LogP contribution in [0.15, 0.2) is 0 Å². The largest absolute Gasteiger partial charge is 0.394 e. The van der Waals surface area contributed by atoms with Crippen LogP contribution in [-0.2, 0) is 14.6 Å². The Labute approximate surface area is 88.4 Å². The van der Waals surface area contributed by atoms with Gasteiger partial charge in [-0.3, -0.25) is 4.79 Å².